The number of nitrogens with one attached hydrogen (secondary N) is 1. The van der Waals surface area contributed by atoms with E-state index in [1.165, 1.54) is 6.07 Å². The van der Waals surface area contributed by atoms with Gasteiger partial charge in [-0.25, -0.2) is 4.39 Å². The average Bonchev–Trinajstić information content (AvgIpc) is 2.99. The molecule has 0 radical (unpaired) electrons. The molecule has 3 rings (SSSR count). The number of halogens is 2. The van der Waals surface area contributed by atoms with Crippen molar-refractivity contribution in [2.75, 3.05) is 13.1 Å². The molecule has 1 saturated heterocycles. The van der Waals surface area contributed by atoms with E-state index in [-0.39, 0.29) is 36.1 Å². The fourth-order valence-electron chi connectivity index (χ4n) is 3.08. The van der Waals surface area contributed by atoms with Crippen LogP contribution >= 0.6 is 23.7 Å². The molecule has 1 N–H and O–H groups in total. The Bertz CT molecular complexity index is 745. The molecule has 3 nitrogen and oxygen atoms in total. The molecular formula is C20H26ClFN2OS. The zero-order chi connectivity index (χ0) is 18.0. The largest absolute Gasteiger partial charge is 0.335 e. The normalized spacial score (nSPS) is 15.3. The average molecular weight is 397 g/mol. The first-order valence-corrected chi connectivity index (χ1v) is 9.64. The Labute approximate surface area is 165 Å². The van der Waals surface area contributed by atoms with Gasteiger partial charge in [-0.05, 0) is 51.1 Å². The van der Waals surface area contributed by atoms with Crippen LogP contribution in [0.2, 0.25) is 0 Å². The van der Waals surface area contributed by atoms with E-state index in [0.717, 1.165) is 22.8 Å². The van der Waals surface area contributed by atoms with Crippen molar-refractivity contribution in [2.45, 2.75) is 33.4 Å². The smallest absolute Gasteiger partial charge is 0.226 e. The van der Waals surface area contributed by atoms with Crippen molar-refractivity contribution >= 4 is 29.7 Å². The highest BCUT2D eigenvalue weighted by Crippen LogP contribution is 2.31. The molecule has 1 aliphatic heterocycles. The fourth-order valence-corrected chi connectivity index (χ4v) is 4.11. The van der Waals surface area contributed by atoms with Crippen molar-refractivity contribution < 1.29 is 9.18 Å². The van der Waals surface area contributed by atoms with Crippen molar-refractivity contribution in [3.05, 3.63) is 47.1 Å². The highest BCUT2D eigenvalue weighted by Gasteiger charge is 2.32. The molecule has 0 saturated carbocycles. The molecule has 2 heterocycles. The summed E-state index contributed by atoms with van der Waals surface area (Å²) >= 11 is 1.56. The second-order valence-corrected chi connectivity index (χ2v) is 8.18. The van der Waals surface area contributed by atoms with E-state index >= 15 is 0 Å². The monoisotopic (exact) mass is 396 g/mol. The summed E-state index contributed by atoms with van der Waals surface area (Å²) in [5.41, 5.74) is 0.620. The molecule has 1 fully saturated rings. The summed E-state index contributed by atoms with van der Waals surface area (Å²) in [6, 6.07) is 10.9. The molecule has 0 spiro atoms. The number of thiophene rings is 1. The Morgan fingerprint density at radius 2 is 1.92 bits per heavy atom. The third kappa shape index (κ3) is 4.45. The Balaban J connectivity index is 0.00000243. The predicted molar refractivity (Wildman–Crippen MR) is 108 cm³/mol. The Morgan fingerprint density at radius 3 is 2.50 bits per heavy atom. The van der Waals surface area contributed by atoms with E-state index in [2.05, 4.69) is 19.2 Å². The summed E-state index contributed by atoms with van der Waals surface area (Å²) in [4.78, 5) is 16.8. The van der Waals surface area contributed by atoms with E-state index < -0.39 is 0 Å². The van der Waals surface area contributed by atoms with Crippen LogP contribution in [0.25, 0.3) is 10.4 Å². The number of amides is 1. The van der Waals surface area contributed by atoms with Crippen LogP contribution in [0, 0.1) is 17.7 Å². The lowest BCUT2D eigenvalue weighted by molar-refractivity contribution is -0.139. The number of carbonyl (C=O) groups excluding carboxylic acids is 1. The molecule has 26 heavy (non-hydrogen) atoms. The van der Waals surface area contributed by atoms with E-state index in [1.807, 2.05) is 30.0 Å². The third-order valence-corrected chi connectivity index (χ3v) is 6.05. The number of rotatable bonds is 6. The molecule has 0 bridgehead atoms. The van der Waals surface area contributed by atoms with E-state index in [9.17, 15) is 9.18 Å². The van der Waals surface area contributed by atoms with Crippen LogP contribution in [0.3, 0.4) is 0 Å². The van der Waals surface area contributed by atoms with Gasteiger partial charge < -0.3 is 10.2 Å². The number of hydrogen-bond acceptors (Lipinski definition) is 3. The third-order valence-electron chi connectivity index (χ3n) is 4.94. The molecule has 1 unspecified atom stereocenters. The molecule has 0 aliphatic carbocycles. The van der Waals surface area contributed by atoms with E-state index in [1.54, 1.807) is 23.5 Å². The van der Waals surface area contributed by atoms with Gasteiger partial charge in [0.1, 0.15) is 5.82 Å². The first-order valence-electron chi connectivity index (χ1n) is 8.82. The summed E-state index contributed by atoms with van der Waals surface area (Å²) in [7, 11) is 0. The minimum absolute atomic E-state index is 0. The Hall–Kier alpha value is -1.43. The van der Waals surface area contributed by atoms with Crippen LogP contribution in [0.1, 0.15) is 25.6 Å². The number of benzene rings is 1. The fraction of sp³-hybridized carbons (Fsp3) is 0.450. The Morgan fingerprint density at radius 1 is 1.23 bits per heavy atom. The summed E-state index contributed by atoms with van der Waals surface area (Å²) in [5.74, 6) is 0.474. The first-order chi connectivity index (χ1) is 12.0. The Kier molecular flexibility index (Phi) is 7.21. The quantitative estimate of drug-likeness (QED) is 0.775. The molecule has 1 atom stereocenters. The van der Waals surface area contributed by atoms with Gasteiger partial charge in [-0.15, -0.1) is 23.7 Å². The van der Waals surface area contributed by atoms with Gasteiger partial charge in [0.15, 0.2) is 0 Å². The van der Waals surface area contributed by atoms with E-state index in [0.29, 0.717) is 18.0 Å². The van der Waals surface area contributed by atoms with Gasteiger partial charge in [0.2, 0.25) is 5.91 Å². The topological polar surface area (TPSA) is 32.3 Å². The maximum Gasteiger partial charge on any atom is 0.226 e. The van der Waals surface area contributed by atoms with Crippen LogP contribution in [-0.4, -0.2) is 29.9 Å². The SMILES string of the molecule is CC(C(=O)N(Cc1ccc(-c2ccccc2F)s1)C(C)C)C1CNC1.Cl. The van der Waals surface area contributed by atoms with Crippen LogP contribution in [0.15, 0.2) is 36.4 Å². The summed E-state index contributed by atoms with van der Waals surface area (Å²) in [5, 5.41) is 3.24. The van der Waals surface area contributed by atoms with Crippen molar-refractivity contribution in [3.63, 3.8) is 0 Å². The first kappa shape index (κ1) is 20.9. The molecule has 1 amide bonds. The standard InChI is InChI=1S/C20H25FN2OS.ClH/c1-13(2)23(20(24)14(3)15-10-22-11-15)12-16-8-9-19(25-16)17-6-4-5-7-18(17)21;/h4-9,13-15,22H,10-12H2,1-3H3;1H. The highest BCUT2D eigenvalue weighted by atomic mass is 35.5. The number of nitrogens with zero attached hydrogens (tertiary/aromatic N) is 1. The van der Waals surface area contributed by atoms with Crippen LogP contribution in [-0.2, 0) is 11.3 Å². The molecular weight excluding hydrogens is 371 g/mol. The number of hydrogen-bond donors (Lipinski definition) is 1. The van der Waals surface area contributed by atoms with Crippen molar-refractivity contribution in [3.8, 4) is 10.4 Å². The summed E-state index contributed by atoms with van der Waals surface area (Å²) in [6.45, 7) is 8.57. The molecule has 142 valence electrons. The van der Waals surface area contributed by atoms with Crippen LogP contribution in [0.4, 0.5) is 4.39 Å². The summed E-state index contributed by atoms with van der Waals surface area (Å²) in [6.07, 6.45) is 0. The van der Waals surface area contributed by atoms with Crippen molar-refractivity contribution in [2.24, 2.45) is 11.8 Å². The predicted octanol–water partition coefficient (Wildman–Crippen LogP) is 4.57. The van der Waals surface area contributed by atoms with Gasteiger partial charge in [-0.3, -0.25) is 4.79 Å². The summed E-state index contributed by atoms with van der Waals surface area (Å²) < 4.78 is 14.0. The lowest BCUT2D eigenvalue weighted by atomic mass is 9.87. The minimum Gasteiger partial charge on any atom is -0.335 e. The second-order valence-electron chi connectivity index (χ2n) is 7.01. The van der Waals surface area contributed by atoms with E-state index in [4.69, 9.17) is 0 Å². The number of carbonyl (C=O) groups is 1. The van der Waals surface area contributed by atoms with Gasteiger partial charge in [-0.2, -0.15) is 0 Å². The molecule has 1 aromatic heterocycles. The van der Waals surface area contributed by atoms with Gasteiger partial charge in [0.25, 0.3) is 0 Å². The minimum atomic E-state index is -0.209. The van der Waals surface area contributed by atoms with Crippen LogP contribution < -0.4 is 5.32 Å². The lowest BCUT2D eigenvalue weighted by Crippen LogP contribution is -2.51. The van der Waals surface area contributed by atoms with Crippen molar-refractivity contribution in [1.82, 2.24) is 10.2 Å². The zero-order valence-corrected chi connectivity index (χ0v) is 17.0. The van der Waals surface area contributed by atoms with Crippen LogP contribution in [0.5, 0.6) is 0 Å². The van der Waals surface area contributed by atoms with Gasteiger partial charge in [0, 0.05) is 27.3 Å². The highest BCUT2D eigenvalue weighted by molar-refractivity contribution is 7.15. The maximum atomic E-state index is 14.0. The molecule has 2 aromatic rings. The maximum absolute atomic E-state index is 14.0. The lowest BCUT2D eigenvalue weighted by Gasteiger charge is -2.36. The van der Waals surface area contributed by atoms with Gasteiger partial charge in [-0.1, -0.05) is 25.1 Å². The van der Waals surface area contributed by atoms with Gasteiger partial charge >= 0.3 is 0 Å². The molecule has 1 aromatic carbocycles. The zero-order valence-electron chi connectivity index (χ0n) is 15.4. The second kappa shape index (κ2) is 8.98. The molecule has 6 heteroatoms. The van der Waals surface area contributed by atoms with Crippen molar-refractivity contribution in [1.29, 1.82) is 0 Å². The molecule has 1 aliphatic rings. The van der Waals surface area contributed by atoms with Gasteiger partial charge in [0.05, 0.1) is 6.54 Å².